The number of hydrogen-bond donors (Lipinski definition) is 3. The summed E-state index contributed by atoms with van der Waals surface area (Å²) in [5.74, 6) is 0.440. The molecule has 4 heteroatoms. The Morgan fingerprint density at radius 1 is 1.33 bits per heavy atom. The molecule has 0 fully saturated rings. The van der Waals surface area contributed by atoms with E-state index in [-0.39, 0.29) is 11.9 Å². The number of hydrogen-bond acceptors (Lipinski definition) is 3. The minimum Gasteiger partial charge on any atom is -0.397 e. The van der Waals surface area contributed by atoms with Crippen LogP contribution in [-0.4, -0.2) is 18.5 Å². The van der Waals surface area contributed by atoms with E-state index in [0.29, 0.717) is 18.2 Å². The van der Waals surface area contributed by atoms with Gasteiger partial charge in [0.2, 0.25) is 5.91 Å². The van der Waals surface area contributed by atoms with Crippen LogP contribution < -0.4 is 16.4 Å². The van der Waals surface area contributed by atoms with E-state index in [4.69, 9.17) is 5.73 Å². The molecule has 0 saturated heterocycles. The lowest BCUT2D eigenvalue weighted by atomic mass is 10.1. The molecular weight excluding hydrogens is 226 g/mol. The summed E-state index contributed by atoms with van der Waals surface area (Å²) < 4.78 is 0. The van der Waals surface area contributed by atoms with Crippen molar-refractivity contribution in [2.45, 2.75) is 33.7 Å². The third kappa shape index (κ3) is 3.95. The summed E-state index contributed by atoms with van der Waals surface area (Å²) in [5.41, 5.74) is 8.47. The average Bonchev–Trinajstić information content (AvgIpc) is 2.31. The van der Waals surface area contributed by atoms with Gasteiger partial charge in [0.1, 0.15) is 6.04 Å². The first-order chi connectivity index (χ1) is 8.41. The maximum atomic E-state index is 11.8. The zero-order chi connectivity index (χ0) is 13.7. The van der Waals surface area contributed by atoms with Crippen LogP contribution in [0.5, 0.6) is 0 Å². The van der Waals surface area contributed by atoms with E-state index >= 15 is 0 Å². The molecule has 1 rings (SSSR count). The van der Waals surface area contributed by atoms with Crippen LogP contribution in [0.15, 0.2) is 18.2 Å². The van der Waals surface area contributed by atoms with Gasteiger partial charge in [-0.05, 0) is 31.4 Å². The zero-order valence-corrected chi connectivity index (χ0v) is 11.6. The van der Waals surface area contributed by atoms with Gasteiger partial charge in [-0.25, -0.2) is 0 Å². The third-order valence-corrected chi connectivity index (χ3v) is 2.77. The van der Waals surface area contributed by atoms with E-state index in [2.05, 4.69) is 24.5 Å². The minimum absolute atomic E-state index is 0.00962. The fourth-order valence-corrected chi connectivity index (χ4v) is 1.56. The van der Waals surface area contributed by atoms with E-state index in [1.807, 2.05) is 32.0 Å². The molecule has 1 atom stereocenters. The Labute approximate surface area is 109 Å². The Morgan fingerprint density at radius 2 is 2.00 bits per heavy atom. The van der Waals surface area contributed by atoms with E-state index in [0.717, 1.165) is 11.3 Å². The van der Waals surface area contributed by atoms with Gasteiger partial charge in [0.25, 0.3) is 0 Å². The molecule has 0 aliphatic heterocycles. The smallest absolute Gasteiger partial charge is 0.242 e. The van der Waals surface area contributed by atoms with Crippen molar-refractivity contribution in [2.24, 2.45) is 5.92 Å². The van der Waals surface area contributed by atoms with Crippen molar-refractivity contribution in [3.05, 3.63) is 23.8 Å². The Bertz CT molecular complexity index is 416. The third-order valence-electron chi connectivity index (χ3n) is 2.77. The largest absolute Gasteiger partial charge is 0.397 e. The van der Waals surface area contributed by atoms with Gasteiger partial charge in [-0.3, -0.25) is 4.79 Å². The van der Waals surface area contributed by atoms with Crippen LogP contribution in [0.3, 0.4) is 0 Å². The lowest BCUT2D eigenvalue weighted by Crippen LogP contribution is -2.39. The molecule has 1 aromatic rings. The van der Waals surface area contributed by atoms with Gasteiger partial charge < -0.3 is 16.4 Å². The SMILES string of the molecule is Cc1cccc(NC(C)C(=O)NCC(C)C)c1N. The number of rotatable bonds is 5. The summed E-state index contributed by atoms with van der Waals surface area (Å²) in [4.78, 5) is 11.8. The number of carbonyl (C=O) groups excluding carboxylic acids is 1. The molecule has 100 valence electrons. The molecule has 1 aromatic carbocycles. The fraction of sp³-hybridized carbons (Fsp3) is 0.500. The Morgan fingerprint density at radius 3 is 2.61 bits per heavy atom. The second-order valence-electron chi connectivity index (χ2n) is 5.04. The number of aryl methyl sites for hydroxylation is 1. The summed E-state index contributed by atoms with van der Waals surface area (Å²) in [6.45, 7) is 8.60. The number of nitrogen functional groups attached to an aromatic ring is 1. The molecule has 0 heterocycles. The van der Waals surface area contributed by atoms with Crippen molar-refractivity contribution in [2.75, 3.05) is 17.6 Å². The van der Waals surface area contributed by atoms with Gasteiger partial charge in [-0.15, -0.1) is 0 Å². The number of nitrogens with one attached hydrogen (secondary N) is 2. The summed E-state index contributed by atoms with van der Waals surface area (Å²) in [6, 6.07) is 5.46. The zero-order valence-electron chi connectivity index (χ0n) is 11.6. The number of amides is 1. The quantitative estimate of drug-likeness (QED) is 0.700. The van der Waals surface area contributed by atoms with Crippen LogP contribution in [0.1, 0.15) is 26.3 Å². The van der Waals surface area contributed by atoms with Gasteiger partial charge in [0, 0.05) is 6.54 Å². The molecule has 18 heavy (non-hydrogen) atoms. The lowest BCUT2D eigenvalue weighted by Gasteiger charge is -2.18. The highest BCUT2D eigenvalue weighted by Gasteiger charge is 2.13. The lowest BCUT2D eigenvalue weighted by molar-refractivity contribution is -0.121. The molecule has 0 aliphatic rings. The first-order valence-corrected chi connectivity index (χ1v) is 6.31. The molecule has 4 nitrogen and oxygen atoms in total. The van der Waals surface area contributed by atoms with Crippen LogP contribution in [0.4, 0.5) is 11.4 Å². The van der Waals surface area contributed by atoms with E-state index in [1.54, 1.807) is 0 Å². The van der Waals surface area contributed by atoms with Crippen LogP contribution in [0.2, 0.25) is 0 Å². The van der Waals surface area contributed by atoms with Gasteiger partial charge in [-0.1, -0.05) is 26.0 Å². The summed E-state index contributed by atoms with van der Waals surface area (Å²) >= 11 is 0. The summed E-state index contributed by atoms with van der Waals surface area (Å²) in [5, 5.41) is 6.03. The molecular formula is C14H23N3O. The minimum atomic E-state index is -0.298. The monoisotopic (exact) mass is 249 g/mol. The number of anilines is 2. The van der Waals surface area contributed by atoms with E-state index in [9.17, 15) is 4.79 Å². The van der Waals surface area contributed by atoms with Crippen molar-refractivity contribution in [3.63, 3.8) is 0 Å². The first-order valence-electron chi connectivity index (χ1n) is 6.31. The topological polar surface area (TPSA) is 67.2 Å². The highest BCUT2D eigenvalue weighted by Crippen LogP contribution is 2.22. The molecule has 0 bridgehead atoms. The molecule has 0 spiro atoms. The van der Waals surface area contributed by atoms with Crippen molar-refractivity contribution >= 4 is 17.3 Å². The molecule has 0 radical (unpaired) electrons. The van der Waals surface area contributed by atoms with Gasteiger partial charge >= 0.3 is 0 Å². The predicted octanol–water partition coefficient (Wildman–Crippen LogP) is 2.15. The van der Waals surface area contributed by atoms with E-state index < -0.39 is 0 Å². The predicted molar refractivity (Wildman–Crippen MR) is 76.5 cm³/mol. The molecule has 1 unspecified atom stereocenters. The molecule has 0 aromatic heterocycles. The molecule has 4 N–H and O–H groups in total. The maximum Gasteiger partial charge on any atom is 0.242 e. The van der Waals surface area contributed by atoms with Crippen LogP contribution in [0.25, 0.3) is 0 Å². The molecule has 1 amide bonds. The summed E-state index contributed by atoms with van der Waals surface area (Å²) in [6.07, 6.45) is 0. The van der Waals surface area contributed by atoms with Crippen LogP contribution in [0, 0.1) is 12.8 Å². The number of carbonyl (C=O) groups is 1. The van der Waals surface area contributed by atoms with Crippen LogP contribution in [-0.2, 0) is 4.79 Å². The van der Waals surface area contributed by atoms with Gasteiger partial charge in [0.05, 0.1) is 11.4 Å². The number of benzene rings is 1. The van der Waals surface area contributed by atoms with E-state index in [1.165, 1.54) is 0 Å². The fourth-order valence-electron chi connectivity index (χ4n) is 1.56. The molecule has 0 aliphatic carbocycles. The maximum absolute atomic E-state index is 11.8. The van der Waals surface area contributed by atoms with Gasteiger partial charge in [0.15, 0.2) is 0 Å². The average molecular weight is 249 g/mol. The van der Waals surface area contributed by atoms with Crippen LogP contribution >= 0.6 is 0 Å². The van der Waals surface area contributed by atoms with Crippen molar-refractivity contribution in [1.29, 1.82) is 0 Å². The summed E-state index contributed by atoms with van der Waals surface area (Å²) in [7, 11) is 0. The second kappa shape index (κ2) is 6.28. The number of nitrogens with two attached hydrogens (primary N) is 1. The Balaban J connectivity index is 2.61. The molecule has 0 saturated carbocycles. The van der Waals surface area contributed by atoms with Crippen molar-refractivity contribution in [3.8, 4) is 0 Å². The second-order valence-corrected chi connectivity index (χ2v) is 5.04. The Hall–Kier alpha value is -1.71. The van der Waals surface area contributed by atoms with Crippen molar-refractivity contribution < 1.29 is 4.79 Å². The normalized spacial score (nSPS) is 12.3. The van der Waals surface area contributed by atoms with Gasteiger partial charge in [-0.2, -0.15) is 0 Å². The standard InChI is InChI=1S/C14H23N3O/c1-9(2)8-16-14(18)11(4)17-12-7-5-6-10(3)13(12)15/h5-7,9,11,17H,8,15H2,1-4H3,(H,16,18). The Kier molecular flexibility index (Phi) is 5.01. The van der Waals surface area contributed by atoms with Crippen molar-refractivity contribution in [1.82, 2.24) is 5.32 Å². The highest BCUT2D eigenvalue weighted by molar-refractivity contribution is 5.85. The number of para-hydroxylation sites is 1. The highest BCUT2D eigenvalue weighted by atomic mass is 16.2. The first kappa shape index (κ1) is 14.4.